The maximum Gasteiger partial charge on any atom is 0.277 e. The molecule has 1 aromatic heterocycles. The van der Waals surface area contributed by atoms with E-state index in [9.17, 15) is 4.79 Å². The highest BCUT2D eigenvalue weighted by Gasteiger charge is 2.34. The second kappa shape index (κ2) is 8.82. The number of hydrogen-bond acceptors (Lipinski definition) is 5. The summed E-state index contributed by atoms with van der Waals surface area (Å²) in [5.74, 6) is 1.49. The van der Waals surface area contributed by atoms with E-state index in [-0.39, 0.29) is 11.9 Å². The number of carbonyl (C=O) groups excluding carboxylic acids is 1. The summed E-state index contributed by atoms with van der Waals surface area (Å²) < 4.78 is 5.75. The van der Waals surface area contributed by atoms with Crippen molar-refractivity contribution >= 4 is 17.7 Å². The molecule has 0 radical (unpaired) electrons. The van der Waals surface area contributed by atoms with Crippen molar-refractivity contribution < 1.29 is 9.21 Å². The first-order chi connectivity index (χ1) is 14.1. The van der Waals surface area contributed by atoms with Gasteiger partial charge < -0.3 is 9.32 Å². The van der Waals surface area contributed by atoms with Crippen molar-refractivity contribution in [2.75, 3.05) is 5.75 Å². The van der Waals surface area contributed by atoms with Gasteiger partial charge in [-0.25, -0.2) is 0 Å². The molecule has 2 aromatic carbocycles. The van der Waals surface area contributed by atoms with Crippen LogP contribution in [0.25, 0.3) is 11.5 Å². The van der Waals surface area contributed by atoms with Crippen molar-refractivity contribution in [2.45, 2.75) is 44.5 Å². The number of nitrogens with zero attached hydrogens (tertiary/aromatic N) is 3. The average Bonchev–Trinajstić information content (AvgIpc) is 3.49. The highest BCUT2D eigenvalue weighted by atomic mass is 32.2. The predicted molar refractivity (Wildman–Crippen MR) is 114 cm³/mol. The second-order valence-electron chi connectivity index (χ2n) is 7.61. The van der Waals surface area contributed by atoms with Gasteiger partial charge in [0.05, 0.1) is 5.75 Å². The fraction of sp³-hybridized carbons (Fsp3) is 0.348. The minimum Gasteiger partial charge on any atom is -0.411 e. The number of rotatable bonds is 8. The van der Waals surface area contributed by atoms with E-state index in [2.05, 4.69) is 29.3 Å². The third kappa shape index (κ3) is 5.07. The van der Waals surface area contributed by atoms with E-state index in [0.717, 1.165) is 11.1 Å². The number of amides is 1. The lowest BCUT2D eigenvalue weighted by Crippen LogP contribution is -2.40. The van der Waals surface area contributed by atoms with Crippen LogP contribution >= 0.6 is 11.8 Å². The van der Waals surface area contributed by atoms with Crippen molar-refractivity contribution in [3.05, 3.63) is 65.7 Å². The van der Waals surface area contributed by atoms with Gasteiger partial charge in [0, 0.05) is 18.2 Å². The van der Waals surface area contributed by atoms with Gasteiger partial charge in [0.25, 0.3) is 5.22 Å². The summed E-state index contributed by atoms with van der Waals surface area (Å²) >= 11 is 1.30. The number of carbonyl (C=O) groups is 1. The minimum atomic E-state index is 0.105. The van der Waals surface area contributed by atoms with Crippen LogP contribution in [-0.4, -0.2) is 32.8 Å². The number of thioether (sulfide) groups is 1. The molecule has 3 aromatic rings. The third-order valence-corrected chi connectivity index (χ3v) is 6.14. The molecule has 6 heteroatoms. The van der Waals surface area contributed by atoms with Gasteiger partial charge in [-0.2, -0.15) is 0 Å². The molecule has 4 rings (SSSR count). The first kappa shape index (κ1) is 19.7. The molecule has 150 valence electrons. The Morgan fingerprint density at radius 3 is 2.55 bits per heavy atom. The first-order valence-corrected chi connectivity index (χ1v) is 11.0. The van der Waals surface area contributed by atoms with E-state index in [0.29, 0.717) is 29.3 Å². The van der Waals surface area contributed by atoms with Gasteiger partial charge in [-0.15, -0.1) is 10.2 Å². The number of aryl methyl sites for hydroxylation is 1. The quantitative estimate of drug-likeness (QED) is 0.494. The Hall–Kier alpha value is -2.60. The summed E-state index contributed by atoms with van der Waals surface area (Å²) in [6.45, 7) is 4.83. The Kier molecular flexibility index (Phi) is 6.00. The summed E-state index contributed by atoms with van der Waals surface area (Å²) in [6, 6.07) is 18.3. The van der Waals surface area contributed by atoms with E-state index in [4.69, 9.17) is 4.42 Å². The summed E-state index contributed by atoms with van der Waals surface area (Å²) in [5.41, 5.74) is 3.21. The molecule has 1 unspecified atom stereocenters. The van der Waals surface area contributed by atoms with Crippen LogP contribution in [0.15, 0.2) is 64.2 Å². The molecule has 1 aliphatic rings. The lowest BCUT2D eigenvalue weighted by atomic mass is 10.1. The normalized spacial score (nSPS) is 14.6. The smallest absolute Gasteiger partial charge is 0.277 e. The second-order valence-corrected chi connectivity index (χ2v) is 8.54. The molecular weight excluding hydrogens is 382 g/mol. The van der Waals surface area contributed by atoms with E-state index in [1.54, 1.807) is 0 Å². The van der Waals surface area contributed by atoms with Crippen molar-refractivity contribution in [1.29, 1.82) is 0 Å². The Balaban J connectivity index is 1.40. The topological polar surface area (TPSA) is 59.2 Å². The van der Waals surface area contributed by atoms with Crippen LogP contribution in [0.4, 0.5) is 0 Å². The fourth-order valence-electron chi connectivity index (χ4n) is 3.36. The number of aromatic nitrogens is 2. The van der Waals surface area contributed by atoms with Crippen LogP contribution in [0, 0.1) is 12.8 Å². The summed E-state index contributed by atoms with van der Waals surface area (Å²) in [5, 5.41) is 8.64. The van der Waals surface area contributed by atoms with Gasteiger partial charge in [-0.1, -0.05) is 59.8 Å². The number of hydrogen-bond donors (Lipinski definition) is 0. The fourth-order valence-corrected chi connectivity index (χ4v) is 4.01. The molecule has 0 saturated heterocycles. The summed E-state index contributed by atoms with van der Waals surface area (Å²) in [7, 11) is 0. The molecule has 1 heterocycles. The van der Waals surface area contributed by atoms with Crippen LogP contribution in [-0.2, 0) is 11.3 Å². The predicted octanol–water partition coefficient (Wildman–Crippen LogP) is 4.96. The van der Waals surface area contributed by atoms with Crippen LogP contribution in [0.5, 0.6) is 0 Å². The molecular formula is C23H25N3O2S. The largest absolute Gasteiger partial charge is 0.411 e. The summed E-state index contributed by atoms with van der Waals surface area (Å²) in [6.07, 6.45) is 2.41. The van der Waals surface area contributed by atoms with E-state index in [1.165, 1.54) is 30.2 Å². The van der Waals surface area contributed by atoms with E-state index >= 15 is 0 Å². The zero-order chi connectivity index (χ0) is 20.2. The van der Waals surface area contributed by atoms with Gasteiger partial charge >= 0.3 is 0 Å². The molecule has 5 nitrogen and oxygen atoms in total. The molecule has 1 aliphatic carbocycles. The van der Waals surface area contributed by atoms with Gasteiger partial charge in [-0.05, 0) is 50.3 Å². The van der Waals surface area contributed by atoms with Crippen molar-refractivity contribution in [3.8, 4) is 11.5 Å². The standard InChI is InChI=1S/C23H25N3O2S/c1-16-8-10-20(11-9-16)22-24-25-23(28-22)29-15-21(27)26(17(2)19-12-13-19)14-18-6-4-3-5-7-18/h3-11,17,19H,12-15H2,1-2H3. The maximum absolute atomic E-state index is 13.0. The van der Waals surface area contributed by atoms with E-state index in [1.807, 2.05) is 54.3 Å². The van der Waals surface area contributed by atoms with Crippen LogP contribution in [0.3, 0.4) is 0 Å². The van der Waals surface area contributed by atoms with Gasteiger partial charge in [-0.3, -0.25) is 4.79 Å². The van der Waals surface area contributed by atoms with Gasteiger partial charge in [0.2, 0.25) is 11.8 Å². The van der Waals surface area contributed by atoms with E-state index < -0.39 is 0 Å². The SMILES string of the molecule is Cc1ccc(-c2nnc(SCC(=O)N(Cc3ccccc3)C(C)C3CC3)o2)cc1. The maximum atomic E-state index is 13.0. The van der Waals surface area contributed by atoms with Gasteiger partial charge in [0.1, 0.15) is 0 Å². The molecule has 1 saturated carbocycles. The van der Waals surface area contributed by atoms with Crippen LogP contribution in [0.2, 0.25) is 0 Å². The average molecular weight is 408 g/mol. The Morgan fingerprint density at radius 1 is 1.14 bits per heavy atom. The van der Waals surface area contributed by atoms with Crippen LogP contribution in [0.1, 0.15) is 30.9 Å². The molecule has 29 heavy (non-hydrogen) atoms. The van der Waals surface area contributed by atoms with Crippen molar-refractivity contribution in [3.63, 3.8) is 0 Å². The summed E-state index contributed by atoms with van der Waals surface area (Å²) in [4.78, 5) is 15.0. The third-order valence-electron chi connectivity index (χ3n) is 5.34. The lowest BCUT2D eigenvalue weighted by molar-refractivity contribution is -0.131. The zero-order valence-corrected chi connectivity index (χ0v) is 17.6. The Labute approximate surface area is 175 Å². The highest BCUT2D eigenvalue weighted by molar-refractivity contribution is 7.99. The minimum absolute atomic E-state index is 0.105. The molecule has 0 spiro atoms. The number of benzene rings is 2. The molecule has 1 fully saturated rings. The molecule has 0 N–H and O–H groups in total. The monoisotopic (exact) mass is 407 g/mol. The molecule has 0 bridgehead atoms. The van der Waals surface area contributed by atoms with Crippen molar-refractivity contribution in [2.24, 2.45) is 5.92 Å². The van der Waals surface area contributed by atoms with Crippen LogP contribution < -0.4 is 0 Å². The molecule has 0 aliphatic heterocycles. The Bertz CT molecular complexity index is 952. The molecule has 1 atom stereocenters. The Morgan fingerprint density at radius 2 is 1.86 bits per heavy atom. The highest BCUT2D eigenvalue weighted by Crippen LogP contribution is 2.36. The van der Waals surface area contributed by atoms with Gasteiger partial charge in [0.15, 0.2) is 0 Å². The molecule has 1 amide bonds. The lowest BCUT2D eigenvalue weighted by Gasteiger charge is -2.29. The first-order valence-electron chi connectivity index (χ1n) is 9.97. The zero-order valence-electron chi connectivity index (χ0n) is 16.7. The van der Waals surface area contributed by atoms with Crippen molar-refractivity contribution in [1.82, 2.24) is 15.1 Å².